The molecule has 2 aromatic rings. The summed E-state index contributed by atoms with van der Waals surface area (Å²) < 4.78 is 5.31. The average Bonchev–Trinajstić information content (AvgIpc) is 2.24. The van der Waals surface area contributed by atoms with Crippen molar-refractivity contribution in [3.63, 3.8) is 0 Å². The van der Waals surface area contributed by atoms with Gasteiger partial charge < -0.3 is 9.84 Å². The van der Waals surface area contributed by atoms with Crippen LogP contribution in [0, 0.1) is 0 Å². The standard InChI is InChI=1S/C10H9ClN2O2/c1-2-15-10-8-6(11)3-4-7(14)9(8)12-5-13-10/h3-5,14H,2H2,1H3. The minimum atomic E-state index is 0.0674. The molecule has 0 bridgehead atoms. The lowest BCUT2D eigenvalue weighted by Gasteiger charge is -2.07. The van der Waals surface area contributed by atoms with Crippen molar-refractivity contribution in [2.75, 3.05) is 6.61 Å². The van der Waals surface area contributed by atoms with E-state index < -0.39 is 0 Å². The predicted molar refractivity (Wildman–Crippen MR) is 57.4 cm³/mol. The summed E-state index contributed by atoms with van der Waals surface area (Å²) in [4.78, 5) is 7.93. The Hall–Kier alpha value is -1.55. The van der Waals surface area contributed by atoms with Crippen molar-refractivity contribution in [3.05, 3.63) is 23.5 Å². The van der Waals surface area contributed by atoms with Crippen LogP contribution in [0.5, 0.6) is 11.6 Å². The van der Waals surface area contributed by atoms with Crippen LogP contribution in [0.15, 0.2) is 18.5 Å². The van der Waals surface area contributed by atoms with E-state index in [-0.39, 0.29) is 5.75 Å². The smallest absolute Gasteiger partial charge is 0.226 e. The first-order valence-electron chi connectivity index (χ1n) is 4.49. The SMILES string of the molecule is CCOc1ncnc2c(O)ccc(Cl)c12. The Morgan fingerprint density at radius 2 is 2.20 bits per heavy atom. The molecule has 1 N–H and O–H groups in total. The molecule has 5 heteroatoms. The number of aromatic hydroxyl groups is 1. The van der Waals surface area contributed by atoms with Gasteiger partial charge in [0.25, 0.3) is 0 Å². The number of phenolic OH excluding ortho intramolecular Hbond substituents is 1. The summed E-state index contributed by atoms with van der Waals surface area (Å²) in [7, 11) is 0. The van der Waals surface area contributed by atoms with E-state index in [4.69, 9.17) is 16.3 Å². The van der Waals surface area contributed by atoms with Crippen LogP contribution in [0.3, 0.4) is 0 Å². The Balaban J connectivity index is 2.78. The van der Waals surface area contributed by atoms with E-state index in [9.17, 15) is 5.11 Å². The normalized spacial score (nSPS) is 10.5. The van der Waals surface area contributed by atoms with E-state index in [1.165, 1.54) is 12.4 Å². The van der Waals surface area contributed by atoms with E-state index in [1.807, 2.05) is 6.92 Å². The highest BCUT2D eigenvalue weighted by Gasteiger charge is 2.11. The van der Waals surface area contributed by atoms with Gasteiger partial charge in [-0.1, -0.05) is 11.6 Å². The molecule has 0 radical (unpaired) electrons. The van der Waals surface area contributed by atoms with Crippen LogP contribution in [-0.2, 0) is 0 Å². The van der Waals surface area contributed by atoms with Gasteiger partial charge in [-0.2, -0.15) is 0 Å². The molecule has 0 amide bonds. The molecule has 0 spiro atoms. The minimum Gasteiger partial charge on any atom is -0.506 e. The van der Waals surface area contributed by atoms with Crippen molar-refractivity contribution >= 4 is 22.5 Å². The third-order valence-corrected chi connectivity index (χ3v) is 2.28. The summed E-state index contributed by atoms with van der Waals surface area (Å²) in [6, 6.07) is 3.08. The number of aromatic nitrogens is 2. The monoisotopic (exact) mass is 224 g/mol. The molecule has 0 fully saturated rings. The Morgan fingerprint density at radius 1 is 1.40 bits per heavy atom. The van der Waals surface area contributed by atoms with Crippen LogP contribution in [-0.4, -0.2) is 21.7 Å². The molecule has 0 saturated heterocycles. The number of hydrogen-bond donors (Lipinski definition) is 1. The number of ether oxygens (including phenoxy) is 1. The summed E-state index contributed by atoms with van der Waals surface area (Å²) in [6.07, 6.45) is 1.34. The van der Waals surface area contributed by atoms with Gasteiger partial charge in [0, 0.05) is 0 Å². The number of phenols is 1. The summed E-state index contributed by atoms with van der Waals surface area (Å²) in [5.41, 5.74) is 0.404. The number of fused-ring (bicyclic) bond motifs is 1. The summed E-state index contributed by atoms with van der Waals surface area (Å²) >= 11 is 6.00. The lowest BCUT2D eigenvalue weighted by Crippen LogP contribution is -1.96. The highest BCUT2D eigenvalue weighted by Crippen LogP contribution is 2.33. The van der Waals surface area contributed by atoms with Crippen molar-refractivity contribution in [2.24, 2.45) is 0 Å². The molecular weight excluding hydrogens is 216 g/mol. The number of halogens is 1. The molecule has 0 aliphatic rings. The van der Waals surface area contributed by atoms with Gasteiger partial charge in [0.15, 0.2) is 0 Å². The van der Waals surface area contributed by atoms with E-state index >= 15 is 0 Å². The first-order chi connectivity index (χ1) is 7.24. The molecule has 1 heterocycles. The highest BCUT2D eigenvalue weighted by molar-refractivity contribution is 6.36. The molecule has 0 atom stereocenters. The van der Waals surface area contributed by atoms with E-state index in [0.717, 1.165) is 0 Å². The van der Waals surface area contributed by atoms with Gasteiger partial charge in [-0.3, -0.25) is 0 Å². The fraction of sp³-hybridized carbons (Fsp3) is 0.200. The van der Waals surface area contributed by atoms with E-state index in [0.29, 0.717) is 28.4 Å². The van der Waals surface area contributed by atoms with Crippen LogP contribution in [0.1, 0.15) is 6.92 Å². The van der Waals surface area contributed by atoms with Crippen molar-refractivity contribution in [1.29, 1.82) is 0 Å². The van der Waals surface area contributed by atoms with Crippen molar-refractivity contribution in [3.8, 4) is 11.6 Å². The third kappa shape index (κ3) is 1.68. The second-order valence-electron chi connectivity index (χ2n) is 2.90. The Morgan fingerprint density at radius 3 is 2.93 bits per heavy atom. The lowest BCUT2D eigenvalue weighted by atomic mass is 10.2. The zero-order chi connectivity index (χ0) is 10.8. The highest BCUT2D eigenvalue weighted by atomic mass is 35.5. The Kier molecular flexibility index (Phi) is 2.60. The predicted octanol–water partition coefficient (Wildman–Crippen LogP) is 2.39. The van der Waals surface area contributed by atoms with Gasteiger partial charge >= 0.3 is 0 Å². The minimum absolute atomic E-state index is 0.0674. The molecule has 1 aromatic carbocycles. The summed E-state index contributed by atoms with van der Waals surface area (Å²) in [6.45, 7) is 2.34. The molecule has 0 aliphatic heterocycles. The molecule has 1 aromatic heterocycles. The van der Waals surface area contributed by atoms with Crippen LogP contribution in [0.2, 0.25) is 5.02 Å². The molecule has 2 rings (SSSR count). The van der Waals surface area contributed by atoms with Crippen LogP contribution in [0.25, 0.3) is 10.9 Å². The molecular formula is C10H9ClN2O2. The molecule has 78 valence electrons. The van der Waals surface area contributed by atoms with E-state index in [1.54, 1.807) is 6.07 Å². The summed E-state index contributed by atoms with van der Waals surface area (Å²) in [5, 5.41) is 10.6. The van der Waals surface area contributed by atoms with Crippen LogP contribution in [0.4, 0.5) is 0 Å². The Bertz CT molecular complexity index is 502. The first kappa shape index (κ1) is 9.98. The first-order valence-corrected chi connectivity index (χ1v) is 4.86. The fourth-order valence-corrected chi connectivity index (χ4v) is 1.57. The van der Waals surface area contributed by atoms with Gasteiger partial charge in [-0.15, -0.1) is 0 Å². The zero-order valence-corrected chi connectivity index (χ0v) is 8.82. The number of rotatable bonds is 2. The van der Waals surface area contributed by atoms with Crippen molar-refractivity contribution < 1.29 is 9.84 Å². The van der Waals surface area contributed by atoms with Crippen LogP contribution >= 0.6 is 11.6 Å². The van der Waals surface area contributed by atoms with Gasteiger partial charge in [0.05, 0.1) is 17.0 Å². The number of hydrogen-bond acceptors (Lipinski definition) is 4. The van der Waals surface area contributed by atoms with Gasteiger partial charge in [-0.05, 0) is 19.1 Å². The molecule has 0 saturated carbocycles. The Labute approximate surface area is 91.5 Å². The fourth-order valence-electron chi connectivity index (χ4n) is 1.34. The van der Waals surface area contributed by atoms with Crippen LogP contribution < -0.4 is 4.74 Å². The maximum atomic E-state index is 9.58. The summed E-state index contributed by atoms with van der Waals surface area (Å²) in [5.74, 6) is 0.459. The van der Waals surface area contributed by atoms with E-state index in [2.05, 4.69) is 9.97 Å². The van der Waals surface area contributed by atoms with Gasteiger partial charge in [0.2, 0.25) is 5.88 Å². The van der Waals surface area contributed by atoms with Gasteiger partial charge in [-0.25, -0.2) is 9.97 Å². The lowest BCUT2D eigenvalue weighted by molar-refractivity contribution is 0.330. The van der Waals surface area contributed by atoms with Crippen molar-refractivity contribution in [2.45, 2.75) is 6.92 Å². The quantitative estimate of drug-likeness (QED) is 0.851. The molecule has 0 unspecified atom stereocenters. The maximum Gasteiger partial charge on any atom is 0.226 e. The maximum absolute atomic E-state index is 9.58. The number of benzene rings is 1. The zero-order valence-electron chi connectivity index (χ0n) is 8.07. The largest absolute Gasteiger partial charge is 0.506 e. The second kappa shape index (κ2) is 3.90. The number of nitrogens with zero attached hydrogens (tertiary/aromatic N) is 2. The molecule has 4 nitrogen and oxygen atoms in total. The second-order valence-corrected chi connectivity index (χ2v) is 3.31. The third-order valence-electron chi connectivity index (χ3n) is 1.96. The van der Waals surface area contributed by atoms with Crippen molar-refractivity contribution in [1.82, 2.24) is 9.97 Å². The van der Waals surface area contributed by atoms with Gasteiger partial charge in [0.1, 0.15) is 17.6 Å². The average molecular weight is 225 g/mol. The molecule has 15 heavy (non-hydrogen) atoms. The molecule has 0 aliphatic carbocycles. The topological polar surface area (TPSA) is 55.2 Å².